The number of aliphatic hydroxyl groups is 1. The fourth-order valence-corrected chi connectivity index (χ4v) is 2.90. The van der Waals surface area contributed by atoms with Crippen LogP contribution in [0.3, 0.4) is 0 Å². The molecule has 2 aliphatic rings. The van der Waals surface area contributed by atoms with Gasteiger partial charge in [0.25, 0.3) is 0 Å². The van der Waals surface area contributed by atoms with Gasteiger partial charge < -0.3 is 15.5 Å². The van der Waals surface area contributed by atoms with Gasteiger partial charge in [-0.25, -0.2) is 0 Å². The molecule has 2 rings (SSSR count). The molecule has 0 heterocycles. The Morgan fingerprint density at radius 1 is 1.35 bits per heavy atom. The number of rotatable bonds is 4. The van der Waals surface area contributed by atoms with E-state index < -0.39 is 17.8 Å². The number of nitrogens with one attached hydrogen (secondary N) is 1. The fourth-order valence-electron chi connectivity index (χ4n) is 2.90. The van der Waals surface area contributed by atoms with Gasteiger partial charge >= 0.3 is 5.97 Å². The molecule has 3 N–H and O–H groups in total. The first-order valence-electron chi connectivity index (χ1n) is 5.87. The van der Waals surface area contributed by atoms with Gasteiger partial charge in [-0.05, 0) is 25.2 Å². The van der Waals surface area contributed by atoms with Gasteiger partial charge in [0.1, 0.15) is 0 Å². The Hall–Kier alpha value is -1.36. The summed E-state index contributed by atoms with van der Waals surface area (Å²) in [6, 6.07) is -0.333. The highest BCUT2D eigenvalue weighted by atomic mass is 16.4. The highest BCUT2D eigenvalue weighted by Gasteiger charge is 2.51. The number of carbonyl (C=O) groups is 2. The van der Waals surface area contributed by atoms with E-state index in [-0.39, 0.29) is 30.4 Å². The maximum Gasteiger partial charge on any atom is 0.307 e. The van der Waals surface area contributed by atoms with E-state index in [1.807, 2.05) is 12.2 Å². The van der Waals surface area contributed by atoms with Crippen LogP contribution in [0.15, 0.2) is 12.2 Å². The van der Waals surface area contributed by atoms with Crippen molar-refractivity contribution in [3.05, 3.63) is 12.2 Å². The van der Waals surface area contributed by atoms with E-state index in [0.717, 1.165) is 6.42 Å². The van der Waals surface area contributed by atoms with Crippen LogP contribution in [-0.4, -0.2) is 34.7 Å². The molecule has 2 aliphatic carbocycles. The van der Waals surface area contributed by atoms with E-state index >= 15 is 0 Å². The molecule has 0 spiro atoms. The van der Waals surface area contributed by atoms with Crippen LogP contribution in [0.5, 0.6) is 0 Å². The van der Waals surface area contributed by atoms with Gasteiger partial charge in [-0.15, -0.1) is 0 Å². The van der Waals surface area contributed by atoms with Gasteiger partial charge in [0.05, 0.1) is 18.4 Å². The van der Waals surface area contributed by atoms with Crippen LogP contribution >= 0.6 is 0 Å². The highest BCUT2D eigenvalue weighted by Crippen LogP contribution is 2.48. The Labute approximate surface area is 99.5 Å². The molecule has 2 bridgehead atoms. The number of carboxylic acids is 1. The molecule has 0 aromatic heterocycles. The lowest BCUT2D eigenvalue weighted by atomic mass is 9.82. The van der Waals surface area contributed by atoms with Crippen molar-refractivity contribution < 1.29 is 19.8 Å². The summed E-state index contributed by atoms with van der Waals surface area (Å²) in [5, 5.41) is 20.7. The molecule has 17 heavy (non-hydrogen) atoms. The molecule has 1 amide bonds. The number of amides is 1. The summed E-state index contributed by atoms with van der Waals surface area (Å²) in [7, 11) is 0. The summed E-state index contributed by atoms with van der Waals surface area (Å²) >= 11 is 0. The summed E-state index contributed by atoms with van der Waals surface area (Å²) in [5.74, 6) is -2.24. The SMILES string of the molecule is C[C@@H](CO)NC(=O)[C@H]1C2C=CC(C2)[C@H]1C(=O)O. The molecule has 5 atom stereocenters. The molecule has 0 aromatic carbocycles. The lowest BCUT2D eigenvalue weighted by Crippen LogP contribution is -2.44. The van der Waals surface area contributed by atoms with Crippen LogP contribution in [0.25, 0.3) is 0 Å². The van der Waals surface area contributed by atoms with Crippen molar-refractivity contribution in [2.75, 3.05) is 6.61 Å². The minimum atomic E-state index is -0.904. The third-order valence-electron chi connectivity index (χ3n) is 3.71. The Morgan fingerprint density at radius 3 is 2.47 bits per heavy atom. The van der Waals surface area contributed by atoms with Crippen molar-refractivity contribution in [3.8, 4) is 0 Å². The van der Waals surface area contributed by atoms with Gasteiger partial charge in [-0.1, -0.05) is 12.2 Å². The van der Waals surface area contributed by atoms with Crippen molar-refractivity contribution in [2.24, 2.45) is 23.7 Å². The average Bonchev–Trinajstić information content (AvgIpc) is 2.87. The maximum absolute atomic E-state index is 12.0. The Kier molecular flexibility index (Phi) is 3.19. The van der Waals surface area contributed by atoms with Crippen molar-refractivity contribution in [1.82, 2.24) is 5.32 Å². The van der Waals surface area contributed by atoms with Crippen molar-refractivity contribution in [1.29, 1.82) is 0 Å². The van der Waals surface area contributed by atoms with Gasteiger partial charge in [0.15, 0.2) is 0 Å². The number of carbonyl (C=O) groups excluding carboxylic acids is 1. The standard InChI is InChI=1S/C12H17NO4/c1-6(5-14)13-11(15)9-7-2-3-8(4-7)10(9)12(16)17/h2-3,6-10,14H,4-5H2,1H3,(H,13,15)(H,16,17)/t6-,7?,8?,9-,10+/m0/s1. The third-order valence-corrected chi connectivity index (χ3v) is 3.71. The zero-order valence-corrected chi connectivity index (χ0v) is 9.67. The summed E-state index contributed by atoms with van der Waals surface area (Å²) in [4.78, 5) is 23.2. The van der Waals surface area contributed by atoms with Crippen LogP contribution in [0, 0.1) is 23.7 Å². The quantitative estimate of drug-likeness (QED) is 0.603. The molecule has 1 fully saturated rings. The van der Waals surface area contributed by atoms with E-state index in [1.165, 1.54) is 0 Å². The van der Waals surface area contributed by atoms with Crippen LogP contribution in [0.1, 0.15) is 13.3 Å². The summed E-state index contributed by atoms with van der Waals surface area (Å²) < 4.78 is 0. The molecule has 0 saturated heterocycles. The Bertz CT molecular complexity index is 366. The smallest absolute Gasteiger partial charge is 0.307 e. The lowest BCUT2D eigenvalue weighted by molar-refractivity contribution is -0.148. The van der Waals surface area contributed by atoms with Gasteiger partial charge in [-0.3, -0.25) is 9.59 Å². The van der Waals surface area contributed by atoms with E-state index in [2.05, 4.69) is 5.32 Å². The van der Waals surface area contributed by atoms with Crippen LogP contribution in [0.4, 0.5) is 0 Å². The van der Waals surface area contributed by atoms with E-state index in [9.17, 15) is 14.7 Å². The van der Waals surface area contributed by atoms with Crippen molar-refractivity contribution >= 4 is 11.9 Å². The van der Waals surface area contributed by atoms with Crippen molar-refractivity contribution in [3.63, 3.8) is 0 Å². The first kappa shape index (κ1) is 12.1. The van der Waals surface area contributed by atoms with Crippen LogP contribution in [-0.2, 0) is 9.59 Å². The minimum absolute atomic E-state index is 0.0160. The van der Waals surface area contributed by atoms with Crippen molar-refractivity contribution in [2.45, 2.75) is 19.4 Å². The Morgan fingerprint density at radius 2 is 1.94 bits per heavy atom. The topological polar surface area (TPSA) is 86.6 Å². The predicted molar refractivity (Wildman–Crippen MR) is 60.0 cm³/mol. The fraction of sp³-hybridized carbons (Fsp3) is 0.667. The van der Waals surface area contributed by atoms with E-state index in [1.54, 1.807) is 6.92 Å². The van der Waals surface area contributed by atoms with E-state index in [0.29, 0.717) is 0 Å². The number of fused-ring (bicyclic) bond motifs is 2. The van der Waals surface area contributed by atoms with Gasteiger partial charge in [0, 0.05) is 6.04 Å². The summed E-state index contributed by atoms with van der Waals surface area (Å²) in [6.45, 7) is 1.55. The number of hydrogen-bond donors (Lipinski definition) is 3. The lowest BCUT2D eigenvalue weighted by Gasteiger charge is -2.25. The largest absolute Gasteiger partial charge is 0.481 e. The number of hydrogen-bond acceptors (Lipinski definition) is 3. The monoisotopic (exact) mass is 239 g/mol. The van der Waals surface area contributed by atoms with Gasteiger partial charge in [0.2, 0.25) is 5.91 Å². The molecule has 5 heteroatoms. The van der Waals surface area contributed by atoms with E-state index in [4.69, 9.17) is 5.11 Å². The molecule has 5 nitrogen and oxygen atoms in total. The molecule has 0 aliphatic heterocycles. The second kappa shape index (κ2) is 4.49. The van der Waals surface area contributed by atoms with Crippen LogP contribution in [0.2, 0.25) is 0 Å². The third kappa shape index (κ3) is 2.07. The molecule has 0 aromatic rings. The first-order valence-corrected chi connectivity index (χ1v) is 5.87. The molecule has 0 radical (unpaired) electrons. The predicted octanol–water partition coefficient (Wildman–Crippen LogP) is 0.00630. The number of aliphatic hydroxyl groups excluding tert-OH is 1. The number of allylic oxidation sites excluding steroid dienone is 2. The molecular formula is C12H17NO4. The molecule has 1 saturated carbocycles. The highest BCUT2D eigenvalue weighted by molar-refractivity contribution is 5.87. The Balaban J connectivity index is 2.11. The zero-order valence-electron chi connectivity index (χ0n) is 9.67. The van der Waals surface area contributed by atoms with Crippen LogP contribution < -0.4 is 5.32 Å². The minimum Gasteiger partial charge on any atom is -0.481 e. The second-order valence-electron chi connectivity index (χ2n) is 4.93. The maximum atomic E-state index is 12.0. The number of aliphatic carboxylic acids is 1. The molecular weight excluding hydrogens is 222 g/mol. The zero-order chi connectivity index (χ0) is 12.6. The molecule has 94 valence electrons. The van der Waals surface area contributed by atoms with Gasteiger partial charge in [-0.2, -0.15) is 0 Å². The summed E-state index contributed by atoms with van der Waals surface area (Å²) in [6.07, 6.45) is 4.60. The summed E-state index contributed by atoms with van der Waals surface area (Å²) in [5.41, 5.74) is 0. The number of carboxylic acid groups (broad SMARTS) is 1. The average molecular weight is 239 g/mol. The molecule has 2 unspecified atom stereocenters. The normalized spacial score (nSPS) is 35.9. The second-order valence-corrected chi connectivity index (χ2v) is 4.93. The first-order chi connectivity index (χ1) is 8.04.